The van der Waals surface area contributed by atoms with Gasteiger partial charge in [-0.2, -0.15) is 0 Å². The molecule has 0 aliphatic heterocycles. The number of amides is 1. The highest BCUT2D eigenvalue weighted by atomic mass is 16.5. The summed E-state index contributed by atoms with van der Waals surface area (Å²) in [6.45, 7) is 0. The summed E-state index contributed by atoms with van der Waals surface area (Å²) in [5.74, 6) is 0.471. The van der Waals surface area contributed by atoms with Gasteiger partial charge in [0.05, 0.1) is 18.8 Å². The summed E-state index contributed by atoms with van der Waals surface area (Å²) in [7, 11) is 3.27. The number of nitrogens with two attached hydrogens (primary N) is 1. The number of hydrogen-bond acceptors (Lipinski definition) is 4. The monoisotopic (exact) mass is 264 g/mol. The molecule has 1 amide bonds. The molecule has 5 heteroatoms. The first-order valence-electron chi connectivity index (χ1n) is 6.41. The molecular weight excluding hydrogens is 244 g/mol. The van der Waals surface area contributed by atoms with Gasteiger partial charge in [0.1, 0.15) is 5.75 Å². The third kappa shape index (κ3) is 3.17. The van der Waals surface area contributed by atoms with E-state index in [1.54, 1.807) is 32.4 Å². The second-order valence-electron chi connectivity index (χ2n) is 4.79. The lowest BCUT2D eigenvalue weighted by Gasteiger charge is -2.14. The lowest BCUT2D eigenvalue weighted by molar-refractivity contribution is 0.0915. The standard InChI is InChI=1S/C14H20N2O3/c1-18-10-4-3-9(7-10)16-14(17)12-8-11(19-2)5-6-13(12)15/h5-6,8-10H,3-4,7,15H2,1-2H3,(H,16,17). The fourth-order valence-electron chi connectivity index (χ4n) is 2.41. The van der Waals surface area contributed by atoms with E-state index >= 15 is 0 Å². The average Bonchev–Trinajstić information content (AvgIpc) is 2.87. The number of methoxy groups -OCH3 is 2. The molecule has 2 atom stereocenters. The second-order valence-corrected chi connectivity index (χ2v) is 4.79. The molecule has 0 radical (unpaired) electrons. The minimum absolute atomic E-state index is 0.154. The first-order chi connectivity index (χ1) is 9.13. The molecule has 1 saturated carbocycles. The summed E-state index contributed by atoms with van der Waals surface area (Å²) in [4.78, 5) is 12.2. The van der Waals surface area contributed by atoms with Crippen LogP contribution in [0.15, 0.2) is 18.2 Å². The molecule has 104 valence electrons. The van der Waals surface area contributed by atoms with Crippen LogP contribution in [0.2, 0.25) is 0 Å². The molecule has 1 aromatic carbocycles. The Hall–Kier alpha value is -1.75. The first kappa shape index (κ1) is 13.7. The van der Waals surface area contributed by atoms with Crippen LogP contribution in [0.5, 0.6) is 5.75 Å². The topological polar surface area (TPSA) is 73.6 Å². The summed E-state index contributed by atoms with van der Waals surface area (Å²) in [5, 5.41) is 3.00. The Kier molecular flexibility index (Phi) is 4.27. The highest BCUT2D eigenvalue weighted by molar-refractivity contribution is 5.99. The molecule has 2 rings (SSSR count). The number of nitrogen functional groups attached to an aromatic ring is 1. The third-order valence-corrected chi connectivity index (χ3v) is 3.56. The van der Waals surface area contributed by atoms with Gasteiger partial charge < -0.3 is 20.5 Å². The molecule has 0 heterocycles. The lowest BCUT2D eigenvalue weighted by Crippen LogP contribution is -2.33. The van der Waals surface area contributed by atoms with Crippen molar-refractivity contribution in [1.82, 2.24) is 5.32 Å². The fraction of sp³-hybridized carbons (Fsp3) is 0.500. The number of anilines is 1. The lowest BCUT2D eigenvalue weighted by atomic mass is 10.1. The van der Waals surface area contributed by atoms with Crippen molar-refractivity contribution in [3.63, 3.8) is 0 Å². The predicted octanol–water partition coefficient (Wildman–Crippen LogP) is 1.57. The van der Waals surface area contributed by atoms with Crippen molar-refractivity contribution in [3.05, 3.63) is 23.8 Å². The largest absolute Gasteiger partial charge is 0.497 e. The van der Waals surface area contributed by atoms with Gasteiger partial charge in [0.2, 0.25) is 0 Å². The molecule has 1 aliphatic carbocycles. The second kappa shape index (κ2) is 5.93. The number of carbonyl (C=O) groups excluding carboxylic acids is 1. The van der Waals surface area contributed by atoms with Gasteiger partial charge in [0.15, 0.2) is 0 Å². The van der Waals surface area contributed by atoms with Crippen LogP contribution in [-0.2, 0) is 4.74 Å². The van der Waals surface area contributed by atoms with E-state index in [1.165, 1.54) is 0 Å². The number of hydrogen-bond donors (Lipinski definition) is 2. The molecule has 0 bridgehead atoms. The zero-order valence-corrected chi connectivity index (χ0v) is 11.3. The van der Waals surface area contributed by atoms with E-state index in [4.69, 9.17) is 15.2 Å². The summed E-state index contributed by atoms with van der Waals surface area (Å²) in [5.41, 5.74) is 6.75. The normalized spacial score (nSPS) is 22.2. The maximum atomic E-state index is 12.2. The summed E-state index contributed by atoms with van der Waals surface area (Å²) >= 11 is 0. The minimum atomic E-state index is -0.154. The van der Waals surface area contributed by atoms with Crippen LogP contribution in [-0.4, -0.2) is 32.3 Å². The number of carbonyl (C=O) groups is 1. The van der Waals surface area contributed by atoms with E-state index < -0.39 is 0 Å². The maximum absolute atomic E-state index is 12.2. The molecule has 2 unspecified atom stereocenters. The van der Waals surface area contributed by atoms with Gasteiger partial charge in [-0.15, -0.1) is 0 Å². The Balaban J connectivity index is 2.04. The number of nitrogens with one attached hydrogen (secondary N) is 1. The Morgan fingerprint density at radius 2 is 2.16 bits per heavy atom. The Labute approximate surface area is 113 Å². The van der Waals surface area contributed by atoms with Gasteiger partial charge in [-0.1, -0.05) is 0 Å². The molecule has 0 spiro atoms. The van der Waals surface area contributed by atoms with Crippen LogP contribution in [0.4, 0.5) is 5.69 Å². The van der Waals surface area contributed by atoms with Crippen LogP contribution in [0.1, 0.15) is 29.6 Å². The summed E-state index contributed by atoms with van der Waals surface area (Å²) in [6, 6.07) is 5.24. The smallest absolute Gasteiger partial charge is 0.253 e. The number of rotatable bonds is 4. The van der Waals surface area contributed by atoms with E-state index in [2.05, 4.69) is 5.32 Å². The Morgan fingerprint density at radius 3 is 2.79 bits per heavy atom. The minimum Gasteiger partial charge on any atom is -0.497 e. The fourth-order valence-corrected chi connectivity index (χ4v) is 2.41. The van der Waals surface area contributed by atoms with Gasteiger partial charge in [-0.3, -0.25) is 4.79 Å². The summed E-state index contributed by atoms with van der Waals surface area (Å²) in [6.07, 6.45) is 3.02. The van der Waals surface area contributed by atoms with Crippen LogP contribution in [0.3, 0.4) is 0 Å². The van der Waals surface area contributed by atoms with Gasteiger partial charge in [0, 0.05) is 18.8 Å². The van der Waals surface area contributed by atoms with Gasteiger partial charge in [-0.25, -0.2) is 0 Å². The van der Waals surface area contributed by atoms with E-state index in [9.17, 15) is 4.79 Å². The van der Waals surface area contributed by atoms with Crippen LogP contribution in [0, 0.1) is 0 Å². The Bertz CT molecular complexity index is 462. The predicted molar refractivity (Wildman–Crippen MR) is 73.3 cm³/mol. The van der Waals surface area contributed by atoms with Crippen LogP contribution in [0.25, 0.3) is 0 Å². The molecule has 1 aliphatic rings. The number of ether oxygens (including phenoxy) is 2. The molecule has 1 aromatic rings. The van der Waals surface area contributed by atoms with E-state index in [0.29, 0.717) is 17.0 Å². The molecule has 19 heavy (non-hydrogen) atoms. The van der Waals surface area contributed by atoms with E-state index in [-0.39, 0.29) is 18.1 Å². The third-order valence-electron chi connectivity index (χ3n) is 3.56. The van der Waals surface area contributed by atoms with Crippen LogP contribution >= 0.6 is 0 Å². The van der Waals surface area contributed by atoms with Crippen molar-refractivity contribution >= 4 is 11.6 Å². The SMILES string of the molecule is COc1ccc(N)c(C(=O)NC2CCC(OC)C2)c1. The highest BCUT2D eigenvalue weighted by Crippen LogP contribution is 2.23. The molecular formula is C14H20N2O3. The highest BCUT2D eigenvalue weighted by Gasteiger charge is 2.26. The molecule has 0 saturated heterocycles. The zero-order valence-electron chi connectivity index (χ0n) is 11.3. The quantitative estimate of drug-likeness (QED) is 0.810. The molecule has 5 nitrogen and oxygen atoms in total. The van der Waals surface area contributed by atoms with E-state index in [1.807, 2.05) is 0 Å². The zero-order chi connectivity index (χ0) is 13.8. The average molecular weight is 264 g/mol. The molecule has 1 fully saturated rings. The van der Waals surface area contributed by atoms with Crippen molar-refractivity contribution < 1.29 is 14.3 Å². The van der Waals surface area contributed by atoms with Crippen molar-refractivity contribution in [1.29, 1.82) is 0 Å². The van der Waals surface area contributed by atoms with Crippen molar-refractivity contribution in [3.8, 4) is 5.75 Å². The van der Waals surface area contributed by atoms with Crippen molar-refractivity contribution in [2.45, 2.75) is 31.4 Å². The number of benzene rings is 1. The molecule has 0 aromatic heterocycles. The van der Waals surface area contributed by atoms with Crippen molar-refractivity contribution in [2.75, 3.05) is 20.0 Å². The Morgan fingerprint density at radius 1 is 1.37 bits per heavy atom. The van der Waals surface area contributed by atoms with Crippen LogP contribution < -0.4 is 15.8 Å². The van der Waals surface area contributed by atoms with Gasteiger partial charge >= 0.3 is 0 Å². The van der Waals surface area contributed by atoms with Gasteiger partial charge in [-0.05, 0) is 37.5 Å². The van der Waals surface area contributed by atoms with E-state index in [0.717, 1.165) is 19.3 Å². The first-order valence-corrected chi connectivity index (χ1v) is 6.41. The van der Waals surface area contributed by atoms with Gasteiger partial charge in [0.25, 0.3) is 5.91 Å². The van der Waals surface area contributed by atoms with Crippen molar-refractivity contribution in [2.24, 2.45) is 0 Å². The maximum Gasteiger partial charge on any atom is 0.253 e. The molecule has 3 N–H and O–H groups in total. The summed E-state index contributed by atoms with van der Waals surface area (Å²) < 4.78 is 10.4.